The highest BCUT2D eigenvalue weighted by Gasteiger charge is 2.37. The molecular weight excluding hydrogens is 579 g/mol. The first-order valence-electron chi connectivity index (χ1n) is 15.6. The lowest BCUT2D eigenvalue weighted by atomic mass is 9.81. The zero-order valence-electron chi connectivity index (χ0n) is 25.5. The van der Waals surface area contributed by atoms with E-state index < -0.39 is 0 Å². The molecule has 1 aliphatic rings. The molecule has 0 unspecified atom stereocenters. The molecule has 2 heterocycles. The summed E-state index contributed by atoms with van der Waals surface area (Å²) in [6.07, 6.45) is 0. The molecule has 0 saturated heterocycles. The van der Waals surface area contributed by atoms with Gasteiger partial charge < -0.3 is 0 Å². The standard InChI is InChI=1S/C42H29N3S/c1-42(2)34-23-22-32-31-18-9-10-19-36(31)46-38(32)37(34)33-21-20-29(25-35(33)42)28-16-11-17-30(24-28)41-44-39(26-12-5-3-6-13-26)43-40(45-41)27-14-7-4-8-15-27/h3-25H,1-2H3. The van der Waals surface area contributed by atoms with E-state index in [1.54, 1.807) is 0 Å². The van der Waals surface area contributed by atoms with Gasteiger partial charge in [-0.25, -0.2) is 15.0 Å². The van der Waals surface area contributed by atoms with Gasteiger partial charge in [-0.05, 0) is 46.0 Å². The number of benzene rings is 6. The van der Waals surface area contributed by atoms with Gasteiger partial charge in [-0.2, -0.15) is 0 Å². The molecule has 0 atom stereocenters. The highest BCUT2D eigenvalue weighted by atomic mass is 32.1. The molecule has 4 heteroatoms. The Morgan fingerprint density at radius 3 is 1.76 bits per heavy atom. The minimum absolute atomic E-state index is 0.105. The Bertz CT molecular complexity index is 2380. The molecule has 0 radical (unpaired) electrons. The van der Waals surface area contributed by atoms with E-state index >= 15 is 0 Å². The SMILES string of the molecule is CC1(C)c2cc(-c3cccc(-c4nc(-c5ccccc5)nc(-c5ccccc5)n4)c3)ccc2-c2c1ccc1c2sc2ccccc21. The van der Waals surface area contributed by atoms with Gasteiger partial charge in [0.05, 0.1) is 0 Å². The average molecular weight is 608 g/mol. The molecule has 0 amide bonds. The molecule has 218 valence electrons. The summed E-state index contributed by atoms with van der Waals surface area (Å²) in [6, 6.07) is 49.3. The summed E-state index contributed by atoms with van der Waals surface area (Å²) in [4.78, 5) is 14.8. The lowest BCUT2D eigenvalue weighted by Gasteiger charge is -2.22. The lowest BCUT2D eigenvalue weighted by Crippen LogP contribution is -2.14. The van der Waals surface area contributed by atoms with E-state index in [1.165, 1.54) is 48.0 Å². The molecule has 8 aromatic rings. The molecule has 6 aromatic carbocycles. The largest absolute Gasteiger partial charge is 0.208 e. The van der Waals surface area contributed by atoms with Crippen molar-refractivity contribution in [2.75, 3.05) is 0 Å². The second kappa shape index (κ2) is 10.3. The van der Waals surface area contributed by atoms with Crippen LogP contribution in [-0.2, 0) is 5.41 Å². The van der Waals surface area contributed by atoms with Crippen LogP contribution in [0.2, 0.25) is 0 Å². The smallest absolute Gasteiger partial charge is 0.164 e. The highest BCUT2D eigenvalue weighted by Crippen LogP contribution is 2.54. The van der Waals surface area contributed by atoms with Crippen LogP contribution in [0, 0.1) is 0 Å². The molecule has 0 N–H and O–H groups in total. The fourth-order valence-corrected chi connectivity index (χ4v) is 8.22. The topological polar surface area (TPSA) is 38.7 Å². The number of fused-ring (bicyclic) bond motifs is 7. The van der Waals surface area contributed by atoms with E-state index in [4.69, 9.17) is 15.0 Å². The van der Waals surface area contributed by atoms with Gasteiger partial charge in [-0.1, -0.05) is 135 Å². The van der Waals surface area contributed by atoms with Crippen LogP contribution in [0.5, 0.6) is 0 Å². The Hall–Kier alpha value is -5.45. The number of thiophene rings is 1. The summed E-state index contributed by atoms with van der Waals surface area (Å²) in [6.45, 7) is 4.72. The molecular formula is C42H29N3S. The third-order valence-electron chi connectivity index (χ3n) is 9.34. The monoisotopic (exact) mass is 607 g/mol. The minimum Gasteiger partial charge on any atom is -0.208 e. The first kappa shape index (κ1) is 26.9. The van der Waals surface area contributed by atoms with Crippen molar-refractivity contribution in [2.45, 2.75) is 19.3 Å². The van der Waals surface area contributed by atoms with E-state index in [9.17, 15) is 0 Å². The van der Waals surface area contributed by atoms with Gasteiger partial charge >= 0.3 is 0 Å². The van der Waals surface area contributed by atoms with Crippen molar-refractivity contribution < 1.29 is 0 Å². The molecule has 46 heavy (non-hydrogen) atoms. The van der Waals surface area contributed by atoms with Crippen molar-refractivity contribution >= 4 is 31.5 Å². The van der Waals surface area contributed by atoms with Gasteiger partial charge in [0.25, 0.3) is 0 Å². The van der Waals surface area contributed by atoms with Crippen molar-refractivity contribution in [3.05, 3.63) is 151 Å². The second-order valence-corrected chi connectivity index (χ2v) is 13.5. The summed E-state index contributed by atoms with van der Waals surface area (Å²) < 4.78 is 2.73. The number of nitrogens with zero attached hydrogens (tertiary/aromatic N) is 3. The van der Waals surface area contributed by atoms with Gasteiger partial charge in [-0.3, -0.25) is 0 Å². The zero-order valence-corrected chi connectivity index (χ0v) is 26.3. The van der Waals surface area contributed by atoms with Gasteiger partial charge in [0.1, 0.15) is 0 Å². The third kappa shape index (κ3) is 4.22. The van der Waals surface area contributed by atoms with Crippen molar-refractivity contribution in [1.29, 1.82) is 0 Å². The molecule has 0 aliphatic heterocycles. The molecule has 0 bridgehead atoms. The normalized spacial score (nSPS) is 13.2. The Kier molecular flexibility index (Phi) is 6.02. The minimum atomic E-state index is -0.105. The maximum absolute atomic E-state index is 4.97. The first-order valence-corrected chi connectivity index (χ1v) is 16.4. The predicted molar refractivity (Wildman–Crippen MR) is 192 cm³/mol. The number of rotatable bonds is 4. The van der Waals surface area contributed by atoms with Crippen LogP contribution < -0.4 is 0 Å². The van der Waals surface area contributed by atoms with Gasteiger partial charge in [-0.15, -0.1) is 11.3 Å². The molecule has 2 aromatic heterocycles. The fourth-order valence-electron chi connectivity index (χ4n) is 6.96. The third-order valence-corrected chi connectivity index (χ3v) is 10.5. The summed E-state index contributed by atoms with van der Waals surface area (Å²) in [5.41, 5.74) is 10.6. The van der Waals surface area contributed by atoms with E-state index in [0.29, 0.717) is 17.5 Å². The Labute approximate surface area is 271 Å². The van der Waals surface area contributed by atoms with E-state index in [0.717, 1.165) is 22.3 Å². The van der Waals surface area contributed by atoms with E-state index in [1.807, 2.05) is 72.0 Å². The van der Waals surface area contributed by atoms with E-state index in [2.05, 4.69) is 92.7 Å². The highest BCUT2D eigenvalue weighted by molar-refractivity contribution is 7.26. The van der Waals surface area contributed by atoms with Crippen molar-refractivity contribution in [2.24, 2.45) is 0 Å². The van der Waals surface area contributed by atoms with Crippen LogP contribution in [-0.4, -0.2) is 15.0 Å². The first-order chi connectivity index (χ1) is 22.5. The Balaban J connectivity index is 1.16. The van der Waals surface area contributed by atoms with Gasteiger partial charge in [0.2, 0.25) is 0 Å². The lowest BCUT2D eigenvalue weighted by molar-refractivity contribution is 0.661. The van der Waals surface area contributed by atoms with Crippen LogP contribution in [0.4, 0.5) is 0 Å². The maximum Gasteiger partial charge on any atom is 0.164 e. The van der Waals surface area contributed by atoms with Crippen LogP contribution in [0.15, 0.2) is 140 Å². The molecule has 0 fully saturated rings. The number of aromatic nitrogens is 3. The summed E-state index contributed by atoms with van der Waals surface area (Å²) in [5, 5.41) is 2.69. The number of hydrogen-bond acceptors (Lipinski definition) is 4. The summed E-state index contributed by atoms with van der Waals surface area (Å²) in [5.74, 6) is 1.99. The Morgan fingerprint density at radius 2 is 1.04 bits per heavy atom. The molecule has 0 spiro atoms. The maximum atomic E-state index is 4.97. The van der Waals surface area contributed by atoms with Crippen LogP contribution in [0.1, 0.15) is 25.0 Å². The molecule has 0 saturated carbocycles. The quantitative estimate of drug-likeness (QED) is 0.200. The van der Waals surface area contributed by atoms with Crippen LogP contribution in [0.25, 0.3) is 76.6 Å². The second-order valence-electron chi connectivity index (χ2n) is 12.5. The van der Waals surface area contributed by atoms with Gasteiger partial charge in [0, 0.05) is 47.8 Å². The van der Waals surface area contributed by atoms with Crippen LogP contribution >= 0.6 is 11.3 Å². The zero-order chi connectivity index (χ0) is 30.8. The van der Waals surface area contributed by atoms with Crippen LogP contribution in [0.3, 0.4) is 0 Å². The molecule has 3 nitrogen and oxygen atoms in total. The van der Waals surface area contributed by atoms with E-state index in [-0.39, 0.29) is 5.41 Å². The van der Waals surface area contributed by atoms with Crippen molar-refractivity contribution in [1.82, 2.24) is 15.0 Å². The fraction of sp³-hybridized carbons (Fsp3) is 0.0714. The number of hydrogen-bond donors (Lipinski definition) is 0. The predicted octanol–water partition coefficient (Wildman–Crippen LogP) is 11.2. The Morgan fingerprint density at radius 1 is 0.457 bits per heavy atom. The van der Waals surface area contributed by atoms with Crippen molar-refractivity contribution in [3.8, 4) is 56.4 Å². The van der Waals surface area contributed by atoms with Gasteiger partial charge in [0.15, 0.2) is 17.5 Å². The average Bonchev–Trinajstić information content (AvgIpc) is 3.61. The van der Waals surface area contributed by atoms with Crippen molar-refractivity contribution in [3.63, 3.8) is 0 Å². The molecule has 1 aliphatic carbocycles. The molecule has 9 rings (SSSR count). The summed E-state index contributed by atoms with van der Waals surface area (Å²) in [7, 11) is 0. The summed E-state index contributed by atoms with van der Waals surface area (Å²) >= 11 is 1.91.